The maximum atomic E-state index is 5.00. The minimum absolute atomic E-state index is 0.166. The number of fused-ring (bicyclic) bond motifs is 2. The van der Waals surface area contributed by atoms with E-state index < -0.39 is 0 Å². The molecular formula is C28H26N4. The van der Waals surface area contributed by atoms with Crippen molar-refractivity contribution in [3.8, 4) is 0 Å². The maximum absolute atomic E-state index is 5.00. The number of aromatic nitrogens is 2. The SMILES string of the molecule is C[C@H](Nc1cccc2nc3c(N[C@@H](C)c4ccccc4)cccc3nc12)c1ccccc1. The lowest BCUT2D eigenvalue weighted by Crippen LogP contribution is -2.08. The molecule has 1 aromatic heterocycles. The van der Waals surface area contributed by atoms with Crippen molar-refractivity contribution in [2.24, 2.45) is 0 Å². The van der Waals surface area contributed by atoms with Gasteiger partial charge in [-0.2, -0.15) is 0 Å². The largest absolute Gasteiger partial charge is 0.377 e. The topological polar surface area (TPSA) is 49.8 Å². The summed E-state index contributed by atoms with van der Waals surface area (Å²) in [7, 11) is 0. The zero-order valence-electron chi connectivity index (χ0n) is 18.3. The Morgan fingerprint density at radius 3 is 1.31 bits per heavy atom. The van der Waals surface area contributed by atoms with Crippen molar-refractivity contribution >= 4 is 33.4 Å². The molecule has 0 fully saturated rings. The Labute approximate surface area is 188 Å². The van der Waals surface area contributed by atoms with Crippen molar-refractivity contribution in [1.29, 1.82) is 0 Å². The average Bonchev–Trinajstić information content (AvgIpc) is 2.84. The highest BCUT2D eigenvalue weighted by molar-refractivity contribution is 5.97. The lowest BCUT2D eigenvalue weighted by atomic mass is 10.1. The molecule has 4 aromatic carbocycles. The molecule has 5 aromatic rings. The summed E-state index contributed by atoms with van der Waals surface area (Å²) >= 11 is 0. The summed E-state index contributed by atoms with van der Waals surface area (Å²) < 4.78 is 0. The molecule has 0 aliphatic carbocycles. The van der Waals surface area contributed by atoms with E-state index in [1.54, 1.807) is 0 Å². The minimum atomic E-state index is 0.166. The zero-order chi connectivity index (χ0) is 21.9. The van der Waals surface area contributed by atoms with Gasteiger partial charge in [-0.25, -0.2) is 9.97 Å². The Bertz CT molecular complexity index is 1240. The van der Waals surface area contributed by atoms with E-state index >= 15 is 0 Å². The van der Waals surface area contributed by atoms with Crippen LogP contribution in [0, 0.1) is 0 Å². The van der Waals surface area contributed by atoms with Crippen LogP contribution in [0.3, 0.4) is 0 Å². The Balaban J connectivity index is 1.51. The van der Waals surface area contributed by atoms with Crippen molar-refractivity contribution < 1.29 is 0 Å². The predicted molar refractivity (Wildman–Crippen MR) is 134 cm³/mol. The first-order valence-corrected chi connectivity index (χ1v) is 11.0. The van der Waals surface area contributed by atoms with Crippen LogP contribution in [0.5, 0.6) is 0 Å². The molecule has 0 aliphatic heterocycles. The van der Waals surface area contributed by atoms with Crippen LogP contribution in [-0.2, 0) is 0 Å². The maximum Gasteiger partial charge on any atom is 0.113 e. The van der Waals surface area contributed by atoms with Crippen LogP contribution >= 0.6 is 0 Å². The number of anilines is 2. The summed E-state index contributed by atoms with van der Waals surface area (Å²) in [6.45, 7) is 4.32. The van der Waals surface area contributed by atoms with Crippen LogP contribution in [0.4, 0.5) is 11.4 Å². The smallest absolute Gasteiger partial charge is 0.113 e. The van der Waals surface area contributed by atoms with E-state index in [1.807, 2.05) is 36.4 Å². The van der Waals surface area contributed by atoms with E-state index in [0.29, 0.717) is 0 Å². The van der Waals surface area contributed by atoms with Gasteiger partial charge in [-0.15, -0.1) is 0 Å². The van der Waals surface area contributed by atoms with Gasteiger partial charge >= 0.3 is 0 Å². The summed E-state index contributed by atoms with van der Waals surface area (Å²) in [5, 5.41) is 7.23. The second-order valence-corrected chi connectivity index (χ2v) is 8.12. The summed E-state index contributed by atoms with van der Waals surface area (Å²) in [5.74, 6) is 0. The predicted octanol–water partition coefficient (Wildman–Crippen LogP) is 7.13. The highest BCUT2D eigenvalue weighted by Crippen LogP contribution is 2.30. The van der Waals surface area contributed by atoms with Gasteiger partial charge in [0.2, 0.25) is 0 Å². The van der Waals surface area contributed by atoms with E-state index in [4.69, 9.17) is 9.97 Å². The van der Waals surface area contributed by atoms with Gasteiger partial charge < -0.3 is 10.6 Å². The first kappa shape index (κ1) is 20.0. The molecule has 0 saturated carbocycles. The molecule has 4 heteroatoms. The van der Waals surface area contributed by atoms with E-state index in [9.17, 15) is 0 Å². The molecule has 2 N–H and O–H groups in total. The fourth-order valence-corrected chi connectivity index (χ4v) is 4.07. The van der Waals surface area contributed by atoms with Crippen LogP contribution in [-0.4, -0.2) is 9.97 Å². The van der Waals surface area contributed by atoms with Crippen molar-refractivity contribution in [3.05, 3.63) is 108 Å². The summed E-state index contributed by atoms with van der Waals surface area (Å²) in [5.41, 5.74) is 7.98. The van der Waals surface area contributed by atoms with Gasteiger partial charge in [0.05, 0.1) is 22.4 Å². The van der Waals surface area contributed by atoms with Crippen LogP contribution in [0.2, 0.25) is 0 Å². The molecule has 0 amide bonds. The van der Waals surface area contributed by atoms with Crippen molar-refractivity contribution in [2.45, 2.75) is 25.9 Å². The lowest BCUT2D eigenvalue weighted by Gasteiger charge is -2.18. The van der Waals surface area contributed by atoms with E-state index in [-0.39, 0.29) is 12.1 Å². The molecule has 0 bridgehead atoms. The Morgan fingerprint density at radius 2 is 0.906 bits per heavy atom. The summed E-state index contributed by atoms with van der Waals surface area (Å²) in [6.07, 6.45) is 0. The van der Waals surface area contributed by atoms with Gasteiger partial charge in [0.15, 0.2) is 0 Å². The van der Waals surface area contributed by atoms with E-state index in [0.717, 1.165) is 33.4 Å². The van der Waals surface area contributed by atoms with Gasteiger partial charge in [-0.3, -0.25) is 0 Å². The van der Waals surface area contributed by atoms with Crippen LogP contribution in [0.1, 0.15) is 37.1 Å². The molecule has 158 valence electrons. The number of nitrogens with one attached hydrogen (secondary N) is 2. The van der Waals surface area contributed by atoms with Gasteiger partial charge in [-0.05, 0) is 49.2 Å². The fraction of sp³-hybridized carbons (Fsp3) is 0.143. The zero-order valence-corrected chi connectivity index (χ0v) is 18.3. The summed E-state index contributed by atoms with van der Waals surface area (Å²) in [4.78, 5) is 10.0. The quantitative estimate of drug-likeness (QED) is 0.288. The summed E-state index contributed by atoms with van der Waals surface area (Å²) in [6, 6.07) is 33.5. The number of rotatable bonds is 6. The van der Waals surface area contributed by atoms with Crippen LogP contribution in [0.25, 0.3) is 22.1 Å². The average molecular weight is 419 g/mol. The molecular weight excluding hydrogens is 392 g/mol. The lowest BCUT2D eigenvalue weighted by molar-refractivity contribution is 0.885. The number of hydrogen-bond donors (Lipinski definition) is 2. The third kappa shape index (κ3) is 4.00. The number of benzene rings is 4. The molecule has 32 heavy (non-hydrogen) atoms. The van der Waals surface area contributed by atoms with E-state index in [1.165, 1.54) is 11.1 Å². The first-order valence-electron chi connectivity index (χ1n) is 11.0. The minimum Gasteiger partial charge on any atom is -0.377 e. The number of hydrogen-bond acceptors (Lipinski definition) is 4. The van der Waals surface area contributed by atoms with Crippen LogP contribution in [0.15, 0.2) is 97.1 Å². The monoisotopic (exact) mass is 418 g/mol. The fourth-order valence-electron chi connectivity index (χ4n) is 4.07. The Kier molecular flexibility index (Phi) is 5.42. The molecule has 4 nitrogen and oxygen atoms in total. The molecule has 0 saturated heterocycles. The van der Waals surface area contributed by atoms with Crippen molar-refractivity contribution in [2.75, 3.05) is 10.6 Å². The second kappa shape index (κ2) is 8.67. The second-order valence-electron chi connectivity index (χ2n) is 8.12. The molecule has 0 spiro atoms. The molecule has 0 radical (unpaired) electrons. The Morgan fingerprint density at radius 1 is 0.500 bits per heavy atom. The molecule has 5 rings (SSSR count). The number of nitrogens with zero attached hydrogens (tertiary/aromatic N) is 2. The van der Waals surface area contributed by atoms with Gasteiger partial charge in [0.25, 0.3) is 0 Å². The van der Waals surface area contributed by atoms with Gasteiger partial charge in [0.1, 0.15) is 11.0 Å². The molecule has 1 heterocycles. The van der Waals surface area contributed by atoms with E-state index in [2.05, 4.69) is 85.1 Å². The molecule has 0 unspecified atom stereocenters. The highest BCUT2D eigenvalue weighted by atomic mass is 15.0. The standard InChI is InChI=1S/C28H26N4/c1-19(21-11-5-3-6-12-21)29-23-15-9-17-25-27(23)31-26-18-10-16-24(28(26)32-25)30-20(2)22-13-7-4-8-14-22/h3-20,29-30H,1-2H3/t19-,20-/m0/s1. The van der Waals surface area contributed by atoms with Gasteiger partial charge in [-0.1, -0.05) is 72.8 Å². The Hall–Kier alpha value is -3.92. The van der Waals surface area contributed by atoms with Crippen LogP contribution < -0.4 is 10.6 Å². The van der Waals surface area contributed by atoms with Crippen molar-refractivity contribution in [1.82, 2.24) is 9.97 Å². The molecule has 2 atom stereocenters. The number of para-hydroxylation sites is 2. The van der Waals surface area contributed by atoms with Crippen molar-refractivity contribution in [3.63, 3.8) is 0 Å². The third-order valence-corrected chi connectivity index (χ3v) is 5.84. The highest BCUT2D eigenvalue weighted by Gasteiger charge is 2.13. The third-order valence-electron chi connectivity index (χ3n) is 5.84. The van der Waals surface area contributed by atoms with Gasteiger partial charge in [0, 0.05) is 12.1 Å². The first-order chi connectivity index (χ1) is 15.7. The molecule has 0 aliphatic rings. The normalized spacial score (nSPS) is 13.1.